The molecule has 0 aliphatic rings. The number of ether oxygens (including phenoxy) is 3. The highest BCUT2D eigenvalue weighted by Crippen LogP contribution is 2.38. The zero-order valence-electron chi connectivity index (χ0n) is 13.6. The summed E-state index contributed by atoms with van der Waals surface area (Å²) < 4.78 is 55.0. The smallest absolute Gasteiger partial charge is 0.416 e. The van der Waals surface area contributed by atoms with E-state index < -0.39 is 17.8 Å². The number of alkyl halides is 3. The summed E-state index contributed by atoms with van der Waals surface area (Å²) in [4.78, 5) is 0. The lowest BCUT2D eigenvalue weighted by Gasteiger charge is -2.17. The van der Waals surface area contributed by atoms with Crippen LogP contribution in [0.5, 0.6) is 17.2 Å². The minimum atomic E-state index is -4.48. The Kier molecular flexibility index (Phi) is 6.76. The van der Waals surface area contributed by atoms with E-state index >= 15 is 0 Å². The topological polar surface area (TPSA) is 27.7 Å². The van der Waals surface area contributed by atoms with E-state index in [9.17, 15) is 13.2 Å². The molecule has 0 radical (unpaired) electrons. The van der Waals surface area contributed by atoms with E-state index in [1.807, 2.05) is 0 Å². The van der Waals surface area contributed by atoms with Crippen LogP contribution in [0.25, 0.3) is 0 Å². The highest BCUT2D eigenvalue weighted by Gasteiger charge is 2.31. The molecule has 2 rings (SSSR count). The van der Waals surface area contributed by atoms with Gasteiger partial charge in [0.05, 0.1) is 22.2 Å². The van der Waals surface area contributed by atoms with Crippen LogP contribution in [0.4, 0.5) is 13.2 Å². The summed E-state index contributed by atoms with van der Waals surface area (Å²) in [5.74, 6) is 0.853. The van der Waals surface area contributed by atoms with Crippen molar-refractivity contribution < 1.29 is 27.4 Å². The molecule has 0 aromatic heterocycles. The van der Waals surface area contributed by atoms with Crippen LogP contribution in [0.1, 0.15) is 12.5 Å². The summed E-state index contributed by atoms with van der Waals surface area (Å²) >= 11 is 14.3. The highest BCUT2D eigenvalue weighted by atomic mass is 79.9. The molecule has 9 heteroatoms. The second-order valence-electron chi connectivity index (χ2n) is 5.12. The first-order valence-corrected chi connectivity index (χ1v) is 8.78. The van der Waals surface area contributed by atoms with Gasteiger partial charge in [-0.25, -0.2) is 0 Å². The molecule has 1 unspecified atom stereocenters. The number of hydrogen-bond acceptors (Lipinski definition) is 4. The Bertz CT molecular complexity index is 814. The Morgan fingerprint density at radius 1 is 1.15 bits per heavy atom. The fraction of sp³-hybridized carbons (Fsp3) is 0.235. The molecule has 0 aliphatic heterocycles. The molecule has 3 nitrogen and oxygen atoms in total. The molecule has 26 heavy (non-hydrogen) atoms. The molecular weight excluding hydrogens is 457 g/mol. The van der Waals surface area contributed by atoms with E-state index in [1.165, 1.54) is 7.11 Å². The van der Waals surface area contributed by atoms with Crippen LogP contribution >= 0.6 is 39.7 Å². The molecule has 0 N–H and O–H groups in total. The summed E-state index contributed by atoms with van der Waals surface area (Å²) in [7, 11) is 1.45. The van der Waals surface area contributed by atoms with Crippen LogP contribution < -0.4 is 9.47 Å². The van der Waals surface area contributed by atoms with Crippen LogP contribution in [0.2, 0.25) is 5.02 Å². The number of hydrogen-bond donors (Lipinski definition) is 0. The summed E-state index contributed by atoms with van der Waals surface area (Å²) in [6.07, 6.45) is -4.97. The van der Waals surface area contributed by atoms with Gasteiger partial charge in [0.1, 0.15) is 17.2 Å². The first-order valence-electron chi connectivity index (χ1n) is 7.20. The Labute approximate surface area is 167 Å². The summed E-state index contributed by atoms with van der Waals surface area (Å²) in [5.41, 5.74) is -0.850. The van der Waals surface area contributed by atoms with E-state index in [4.69, 9.17) is 38.0 Å². The number of benzene rings is 2. The van der Waals surface area contributed by atoms with E-state index in [0.29, 0.717) is 16.0 Å². The molecule has 0 bridgehead atoms. The van der Waals surface area contributed by atoms with E-state index in [2.05, 4.69) is 15.9 Å². The summed E-state index contributed by atoms with van der Waals surface area (Å²) in [5, 5.41) is 0.119. The fourth-order valence-electron chi connectivity index (χ4n) is 1.93. The largest absolute Gasteiger partial charge is 0.487 e. The number of methoxy groups -OCH3 is 1. The van der Waals surface area contributed by atoms with Gasteiger partial charge < -0.3 is 14.2 Å². The molecule has 0 spiro atoms. The van der Waals surface area contributed by atoms with Crippen molar-refractivity contribution in [1.29, 1.82) is 0 Å². The second kappa shape index (κ2) is 8.45. The Balaban J connectivity index is 2.23. The van der Waals surface area contributed by atoms with Crippen molar-refractivity contribution in [3.63, 3.8) is 0 Å². The number of halogens is 5. The molecule has 140 valence electrons. The maximum absolute atomic E-state index is 12.7. The van der Waals surface area contributed by atoms with Gasteiger partial charge >= 0.3 is 6.18 Å². The highest BCUT2D eigenvalue weighted by molar-refractivity contribution is 9.10. The van der Waals surface area contributed by atoms with Gasteiger partial charge in [-0.2, -0.15) is 13.2 Å². The summed E-state index contributed by atoms with van der Waals surface area (Å²) in [6, 6.07) is 7.72. The van der Waals surface area contributed by atoms with E-state index in [0.717, 1.165) is 18.2 Å². The van der Waals surface area contributed by atoms with Crippen LogP contribution in [0.3, 0.4) is 0 Å². The molecule has 0 saturated heterocycles. The Morgan fingerprint density at radius 3 is 2.42 bits per heavy atom. The third kappa shape index (κ3) is 5.25. The molecule has 0 amide bonds. The first-order chi connectivity index (χ1) is 12.1. The molecule has 2 aromatic rings. The zero-order chi connectivity index (χ0) is 19.5. The standard InChI is InChI=1S/C17H13BrClF3O3S/c1-9(16(26)23-2)24-15-8-11(4-5-12(15)18)25-14-6-3-10(7-13(14)19)17(20,21)22/h3-9H,1-2H3. The molecule has 0 saturated carbocycles. The Hall–Kier alpha value is -1.51. The molecule has 0 heterocycles. The van der Waals surface area contributed by atoms with Crippen LogP contribution in [0.15, 0.2) is 40.9 Å². The summed E-state index contributed by atoms with van der Waals surface area (Å²) in [6.45, 7) is 1.72. The lowest BCUT2D eigenvalue weighted by molar-refractivity contribution is -0.137. The van der Waals surface area contributed by atoms with Crippen molar-refractivity contribution in [3.8, 4) is 17.2 Å². The van der Waals surface area contributed by atoms with Crippen LogP contribution in [0, 0.1) is 0 Å². The minimum absolute atomic E-state index is 0.0911. The molecule has 0 fully saturated rings. The van der Waals surface area contributed by atoms with Gasteiger partial charge in [-0.05, 0) is 65.4 Å². The van der Waals surface area contributed by atoms with Crippen molar-refractivity contribution in [2.45, 2.75) is 19.2 Å². The van der Waals surface area contributed by atoms with Gasteiger partial charge in [-0.15, -0.1) is 0 Å². The van der Waals surface area contributed by atoms with Crippen molar-refractivity contribution in [1.82, 2.24) is 0 Å². The van der Waals surface area contributed by atoms with Gasteiger partial charge in [-0.3, -0.25) is 0 Å². The van der Waals surface area contributed by atoms with Crippen LogP contribution in [-0.2, 0) is 10.9 Å². The first kappa shape index (κ1) is 20.8. The normalized spacial score (nSPS) is 12.4. The third-order valence-corrected chi connectivity index (χ3v) is 4.68. The average molecular weight is 470 g/mol. The predicted molar refractivity (Wildman–Crippen MR) is 100 cm³/mol. The van der Waals surface area contributed by atoms with Crippen molar-refractivity contribution in [2.24, 2.45) is 0 Å². The lowest BCUT2D eigenvalue weighted by Crippen LogP contribution is -2.23. The maximum atomic E-state index is 12.7. The van der Waals surface area contributed by atoms with Crippen molar-refractivity contribution >= 4 is 44.8 Å². The molecular formula is C17H13BrClF3O3S. The van der Waals surface area contributed by atoms with E-state index in [-0.39, 0.29) is 15.8 Å². The van der Waals surface area contributed by atoms with Crippen molar-refractivity contribution in [2.75, 3.05) is 7.11 Å². The van der Waals surface area contributed by atoms with Gasteiger partial charge in [0.25, 0.3) is 0 Å². The fourth-order valence-corrected chi connectivity index (χ4v) is 2.54. The molecule has 2 aromatic carbocycles. The second-order valence-corrected chi connectivity index (χ2v) is 6.78. The Morgan fingerprint density at radius 2 is 1.85 bits per heavy atom. The lowest BCUT2D eigenvalue weighted by atomic mass is 10.2. The van der Waals surface area contributed by atoms with Crippen molar-refractivity contribution in [3.05, 3.63) is 51.5 Å². The predicted octanol–water partition coefficient (Wildman–Crippen LogP) is 6.65. The third-order valence-electron chi connectivity index (χ3n) is 3.23. The zero-order valence-corrected chi connectivity index (χ0v) is 16.7. The van der Waals surface area contributed by atoms with Gasteiger partial charge in [0.2, 0.25) is 0 Å². The van der Waals surface area contributed by atoms with Crippen LogP contribution in [-0.4, -0.2) is 18.3 Å². The van der Waals surface area contributed by atoms with Gasteiger partial charge in [0, 0.05) is 6.07 Å². The average Bonchev–Trinajstić information content (AvgIpc) is 2.57. The number of thiocarbonyl (C=S) groups is 1. The molecule has 0 aliphatic carbocycles. The minimum Gasteiger partial charge on any atom is -0.487 e. The maximum Gasteiger partial charge on any atom is 0.416 e. The van der Waals surface area contributed by atoms with E-state index in [1.54, 1.807) is 25.1 Å². The quantitative estimate of drug-likeness (QED) is 0.458. The number of rotatable bonds is 5. The van der Waals surface area contributed by atoms with Gasteiger partial charge in [0.15, 0.2) is 11.2 Å². The molecule has 1 atom stereocenters. The van der Waals surface area contributed by atoms with Gasteiger partial charge in [-0.1, -0.05) is 11.6 Å². The SMILES string of the molecule is COC(=S)C(C)Oc1cc(Oc2ccc(C(F)(F)F)cc2Cl)ccc1Br. The monoisotopic (exact) mass is 468 g/mol.